The monoisotopic (exact) mass is 429 g/mol. The fourth-order valence-corrected chi connectivity index (χ4v) is 5.06. The highest BCUT2D eigenvalue weighted by Gasteiger charge is 2.25. The van der Waals surface area contributed by atoms with Crippen molar-refractivity contribution in [2.45, 2.75) is 32.2 Å². The molecule has 0 saturated carbocycles. The van der Waals surface area contributed by atoms with E-state index in [1.165, 1.54) is 4.88 Å². The van der Waals surface area contributed by atoms with E-state index in [2.05, 4.69) is 34.7 Å². The maximum absolute atomic E-state index is 12.6. The van der Waals surface area contributed by atoms with Gasteiger partial charge in [0.2, 0.25) is 5.91 Å². The van der Waals surface area contributed by atoms with E-state index < -0.39 is 0 Å². The summed E-state index contributed by atoms with van der Waals surface area (Å²) in [5.74, 6) is 1.28. The number of amides is 1. The number of aromatic nitrogens is 3. The lowest BCUT2D eigenvalue weighted by molar-refractivity contribution is -0.121. The van der Waals surface area contributed by atoms with Gasteiger partial charge in [-0.05, 0) is 43.9 Å². The second kappa shape index (κ2) is 8.43. The number of hydrogen-bond donors (Lipinski definition) is 2. The van der Waals surface area contributed by atoms with E-state index in [-0.39, 0.29) is 11.9 Å². The van der Waals surface area contributed by atoms with Gasteiger partial charge >= 0.3 is 0 Å². The quantitative estimate of drug-likeness (QED) is 0.487. The Morgan fingerprint density at radius 2 is 1.90 bits per heavy atom. The SMILES string of the molecule is Cc1sc2nc(-c3ccccn3)nc(N[C@H]3CCCCNC3=O)c2c1-c1ccccc1. The Bertz CT molecular complexity index is 1220. The number of carbonyl (C=O) groups excluding carboxylic acids is 1. The van der Waals surface area contributed by atoms with Crippen LogP contribution in [0.15, 0.2) is 54.7 Å². The van der Waals surface area contributed by atoms with Gasteiger partial charge in [-0.3, -0.25) is 9.78 Å². The van der Waals surface area contributed by atoms with Gasteiger partial charge in [-0.25, -0.2) is 9.97 Å². The minimum atomic E-state index is -0.319. The molecule has 1 amide bonds. The molecule has 6 nitrogen and oxygen atoms in total. The molecule has 31 heavy (non-hydrogen) atoms. The first-order chi connectivity index (χ1) is 15.2. The van der Waals surface area contributed by atoms with E-state index in [9.17, 15) is 4.79 Å². The highest BCUT2D eigenvalue weighted by atomic mass is 32.1. The number of nitrogens with zero attached hydrogens (tertiary/aromatic N) is 3. The summed E-state index contributed by atoms with van der Waals surface area (Å²) in [7, 11) is 0. The van der Waals surface area contributed by atoms with Crippen molar-refractivity contribution in [1.29, 1.82) is 0 Å². The lowest BCUT2D eigenvalue weighted by atomic mass is 10.0. The molecule has 0 radical (unpaired) electrons. The molecule has 0 unspecified atom stereocenters. The highest BCUT2D eigenvalue weighted by Crippen LogP contribution is 2.41. The number of pyridine rings is 1. The molecule has 5 rings (SSSR count). The van der Waals surface area contributed by atoms with Crippen LogP contribution in [0, 0.1) is 6.92 Å². The summed E-state index contributed by atoms with van der Waals surface area (Å²) in [5, 5.41) is 7.43. The van der Waals surface area contributed by atoms with E-state index in [1.807, 2.05) is 36.4 Å². The van der Waals surface area contributed by atoms with Gasteiger partial charge in [0.15, 0.2) is 5.82 Å². The van der Waals surface area contributed by atoms with E-state index >= 15 is 0 Å². The average molecular weight is 430 g/mol. The first-order valence-corrected chi connectivity index (χ1v) is 11.3. The molecule has 1 atom stereocenters. The molecule has 1 aliphatic heterocycles. The molecule has 4 heterocycles. The van der Waals surface area contributed by atoms with Crippen LogP contribution in [0.5, 0.6) is 0 Å². The van der Waals surface area contributed by atoms with Crippen molar-refractivity contribution in [1.82, 2.24) is 20.3 Å². The Hall–Kier alpha value is -3.32. The van der Waals surface area contributed by atoms with Gasteiger partial charge in [0.1, 0.15) is 22.4 Å². The van der Waals surface area contributed by atoms with Crippen molar-refractivity contribution < 1.29 is 4.79 Å². The molecule has 1 aliphatic rings. The molecule has 3 aromatic heterocycles. The number of rotatable bonds is 4. The summed E-state index contributed by atoms with van der Waals surface area (Å²) < 4.78 is 0. The van der Waals surface area contributed by atoms with Crippen molar-refractivity contribution >= 4 is 33.3 Å². The zero-order valence-corrected chi connectivity index (χ0v) is 18.1. The van der Waals surface area contributed by atoms with Crippen molar-refractivity contribution in [3.05, 3.63) is 59.6 Å². The molecule has 0 spiro atoms. The third-order valence-electron chi connectivity index (χ3n) is 5.53. The molecule has 0 aliphatic carbocycles. The third kappa shape index (κ3) is 3.88. The smallest absolute Gasteiger partial charge is 0.242 e. The van der Waals surface area contributed by atoms with Crippen LogP contribution < -0.4 is 10.6 Å². The van der Waals surface area contributed by atoms with Crippen LogP contribution in [-0.2, 0) is 4.79 Å². The van der Waals surface area contributed by atoms with Crippen molar-refractivity contribution in [3.8, 4) is 22.6 Å². The summed E-state index contributed by atoms with van der Waals surface area (Å²) in [6, 6.07) is 15.7. The minimum absolute atomic E-state index is 0.0249. The predicted octanol–water partition coefficient (Wildman–Crippen LogP) is 4.81. The Balaban J connectivity index is 1.70. The second-order valence-corrected chi connectivity index (χ2v) is 8.88. The Labute approximate surface area is 184 Å². The number of thiophene rings is 1. The fourth-order valence-electron chi connectivity index (χ4n) is 4.02. The van der Waals surface area contributed by atoms with E-state index in [1.54, 1.807) is 17.5 Å². The van der Waals surface area contributed by atoms with Gasteiger partial charge in [0.25, 0.3) is 0 Å². The van der Waals surface area contributed by atoms with Gasteiger partial charge < -0.3 is 10.6 Å². The number of hydrogen-bond acceptors (Lipinski definition) is 6. The van der Waals surface area contributed by atoms with Gasteiger partial charge in [0, 0.05) is 23.2 Å². The summed E-state index contributed by atoms with van der Waals surface area (Å²) >= 11 is 1.64. The zero-order valence-electron chi connectivity index (χ0n) is 17.3. The van der Waals surface area contributed by atoms with Gasteiger partial charge in [-0.2, -0.15) is 0 Å². The molecule has 7 heteroatoms. The lowest BCUT2D eigenvalue weighted by Crippen LogP contribution is -2.38. The molecule has 1 saturated heterocycles. The molecule has 4 aromatic rings. The first-order valence-electron chi connectivity index (χ1n) is 10.5. The first kappa shape index (κ1) is 19.6. The molecular weight excluding hydrogens is 406 g/mol. The van der Waals surface area contributed by atoms with Crippen LogP contribution in [0.3, 0.4) is 0 Å². The molecule has 1 aromatic carbocycles. The number of fused-ring (bicyclic) bond motifs is 1. The third-order valence-corrected chi connectivity index (χ3v) is 6.53. The predicted molar refractivity (Wildman–Crippen MR) is 125 cm³/mol. The lowest BCUT2D eigenvalue weighted by Gasteiger charge is -2.18. The van der Waals surface area contributed by atoms with Crippen molar-refractivity contribution in [3.63, 3.8) is 0 Å². The van der Waals surface area contributed by atoms with Crippen LogP contribution in [0.1, 0.15) is 24.1 Å². The molecule has 156 valence electrons. The number of benzene rings is 1. The van der Waals surface area contributed by atoms with E-state index in [0.29, 0.717) is 17.3 Å². The van der Waals surface area contributed by atoms with Crippen LogP contribution in [-0.4, -0.2) is 33.4 Å². The second-order valence-electron chi connectivity index (χ2n) is 7.67. The van der Waals surface area contributed by atoms with Crippen LogP contribution in [0.25, 0.3) is 32.9 Å². The van der Waals surface area contributed by atoms with Gasteiger partial charge in [0.05, 0.1) is 5.39 Å². The Kier molecular flexibility index (Phi) is 5.34. The van der Waals surface area contributed by atoms with Crippen LogP contribution in [0.4, 0.5) is 5.82 Å². The Morgan fingerprint density at radius 1 is 1.06 bits per heavy atom. The fraction of sp³-hybridized carbons (Fsp3) is 0.250. The summed E-state index contributed by atoms with van der Waals surface area (Å²) in [6.07, 6.45) is 4.50. The van der Waals surface area contributed by atoms with Crippen molar-refractivity contribution in [2.75, 3.05) is 11.9 Å². The van der Waals surface area contributed by atoms with Crippen LogP contribution >= 0.6 is 11.3 Å². The highest BCUT2D eigenvalue weighted by molar-refractivity contribution is 7.19. The molecule has 2 N–H and O–H groups in total. The Morgan fingerprint density at radius 3 is 2.71 bits per heavy atom. The standard InChI is InChI=1S/C24H23N5OS/c1-15-19(16-9-3-2-4-10-16)20-22(27-18-12-6-8-14-26-23(18)30)28-21(29-24(20)31-15)17-11-5-7-13-25-17/h2-5,7,9-11,13,18H,6,8,12,14H2,1H3,(H,26,30)(H,27,28,29)/t18-/m0/s1. The zero-order chi connectivity index (χ0) is 21.2. The summed E-state index contributed by atoms with van der Waals surface area (Å²) in [4.78, 5) is 28.9. The average Bonchev–Trinajstić information content (AvgIpc) is 3.01. The minimum Gasteiger partial charge on any atom is -0.358 e. The maximum Gasteiger partial charge on any atom is 0.242 e. The molecule has 0 bridgehead atoms. The summed E-state index contributed by atoms with van der Waals surface area (Å²) in [5.41, 5.74) is 2.95. The maximum atomic E-state index is 12.6. The number of aryl methyl sites for hydroxylation is 1. The largest absolute Gasteiger partial charge is 0.358 e. The van der Waals surface area contributed by atoms with Crippen molar-refractivity contribution in [2.24, 2.45) is 0 Å². The van der Waals surface area contributed by atoms with Gasteiger partial charge in [-0.1, -0.05) is 36.4 Å². The molecular formula is C24H23N5OS. The number of carbonyl (C=O) groups is 1. The van der Waals surface area contributed by atoms with E-state index in [4.69, 9.17) is 9.97 Å². The number of nitrogens with one attached hydrogen (secondary N) is 2. The topological polar surface area (TPSA) is 79.8 Å². The van der Waals surface area contributed by atoms with E-state index in [0.717, 1.165) is 47.2 Å². The normalized spacial score (nSPS) is 16.7. The van der Waals surface area contributed by atoms with Gasteiger partial charge in [-0.15, -0.1) is 11.3 Å². The number of anilines is 1. The summed E-state index contributed by atoms with van der Waals surface area (Å²) in [6.45, 7) is 2.83. The molecule has 1 fully saturated rings. The van der Waals surface area contributed by atoms with Crippen LogP contribution in [0.2, 0.25) is 0 Å².